The first kappa shape index (κ1) is 32.3. The van der Waals surface area contributed by atoms with Crippen molar-refractivity contribution in [2.45, 2.75) is 71.8 Å². The zero-order valence-electron chi connectivity index (χ0n) is 24.7. The van der Waals surface area contributed by atoms with E-state index in [9.17, 15) is 19.2 Å². The van der Waals surface area contributed by atoms with Crippen molar-refractivity contribution < 1.29 is 38.1 Å². The van der Waals surface area contributed by atoms with Gasteiger partial charge in [-0.2, -0.15) is 0 Å². The van der Waals surface area contributed by atoms with E-state index in [2.05, 4.69) is 6.58 Å². The first-order valence-electron chi connectivity index (χ1n) is 14.3. The van der Waals surface area contributed by atoms with Crippen molar-refractivity contribution in [2.75, 3.05) is 13.2 Å². The Bertz CT molecular complexity index is 1270. The molecule has 0 saturated heterocycles. The van der Waals surface area contributed by atoms with Gasteiger partial charge >= 0.3 is 17.9 Å². The number of allylic oxidation sites excluding steroid dienone is 1. The number of carbonyl (C=O) groups excluding carboxylic acids is 4. The van der Waals surface area contributed by atoms with Gasteiger partial charge in [0.2, 0.25) is 0 Å². The highest BCUT2D eigenvalue weighted by atomic mass is 16.6. The third kappa shape index (κ3) is 10.7. The van der Waals surface area contributed by atoms with Crippen LogP contribution in [-0.4, -0.2) is 43.0 Å². The summed E-state index contributed by atoms with van der Waals surface area (Å²) in [6.07, 6.45) is 8.73. The van der Waals surface area contributed by atoms with E-state index < -0.39 is 17.4 Å². The van der Waals surface area contributed by atoms with Crippen molar-refractivity contribution in [3.8, 4) is 11.5 Å². The molecule has 224 valence electrons. The summed E-state index contributed by atoms with van der Waals surface area (Å²) in [5.41, 5.74) is 0.617. The van der Waals surface area contributed by atoms with Crippen LogP contribution >= 0.6 is 0 Å². The van der Waals surface area contributed by atoms with E-state index in [1.165, 1.54) is 12.5 Å². The number of hydrogen-bond donors (Lipinski definition) is 0. The average Bonchev–Trinajstić information content (AvgIpc) is 2.96. The molecule has 8 nitrogen and oxygen atoms in total. The lowest BCUT2D eigenvalue weighted by Gasteiger charge is -2.25. The van der Waals surface area contributed by atoms with Gasteiger partial charge in [0, 0.05) is 17.6 Å². The van der Waals surface area contributed by atoms with Gasteiger partial charge < -0.3 is 18.9 Å². The van der Waals surface area contributed by atoms with E-state index in [0.717, 1.165) is 31.2 Å². The Labute approximate surface area is 247 Å². The Hall–Kier alpha value is -4.20. The summed E-state index contributed by atoms with van der Waals surface area (Å²) in [4.78, 5) is 48.9. The maximum Gasteiger partial charge on any atom is 0.338 e. The van der Waals surface area contributed by atoms with E-state index in [0.29, 0.717) is 35.7 Å². The van der Waals surface area contributed by atoms with Crippen molar-refractivity contribution in [1.82, 2.24) is 0 Å². The monoisotopic (exact) mass is 576 g/mol. The molecular formula is C34H40O8. The number of carbonyl (C=O) groups is 4. The van der Waals surface area contributed by atoms with Crippen LogP contribution in [0.3, 0.4) is 0 Å². The molecule has 0 aromatic heterocycles. The summed E-state index contributed by atoms with van der Waals surface area (Å²) in [7, 11) is 0. The molecule has 0 atom stereocenters. The molecule has 0 radical (unpaired) electrons. The lowest BCUT2D eigenvalue weighted by molar-refractivity contribution is -0.163. The van der Waals surface area contributed by atoms with E-state index in [4.69, 9.17) is 18.9 Å². The molecule has 3 rings (SSSR count). The summed E-state index contributed by atoms with van der Waals surface area (Å²) in [5, 5.41) is 0. The molecule has 2 aromatic carbocycles. The number of ketones is 1. The van der Waals surface area contributed by atoms with Crippen molar-refractivity contribution in [3.05, 3.63) is 77.9 Å². The molecule has 8 heteroatoms. The number of benzene rings is 2. The largest absolute Gasteiger partial charge is 0.493 e. The minimum absolute atomic E-state index is 0.00945. The molecule has 1 aliphatic rings. The zero-order valence-corrected chi connectivity index (χ0v) is 24.7. The number of rotatable bonds is 14. The Morgan fingerprint density at radius 1 is 0.905 bits per heavy atom. The van der Waals surface area contributed by atoms with Crippen LogP contribution < -0.4 is 9.47 Å². The van der Waals surface area contributed by atoms with Crippen LogP contribution in [0.2, 0.25) is 0 Å². The minimum Gasteiger partial charge on any atom is -0.493 e. The molecule has 0 spiro atoms. The molecule has 0 amide bonds. The fourth-order valence-electron chi connectivity index (χ4n) is 4.28. The van der Waals surface area contributed by atoms with Crippen LogP contribution in [0.25, 0.3) is 6.08 Å². The normalized spacial score (nSPS) is 13.8. The van der Waals surface area contributed by atoms with Gasteiger partial charge in [0.05, 0.1) is 25.0 Å². The summed E-state index contributed by atoms with van der Waals surface area (Å²) < 4.78 is 21.8. The van der Waals surface area contributed by atoms with Gasteiger partial charge in [-0.25, -0.2) is 4.79 Å². The molecule has 0 heterocycles. The van der Waals surface area contributed by atoms with Crippen LogP contribution in [0.5, 0.6) is 11.5 Å². The van der Waals surface area contributed by atoms with Gasteiger partial charge in [-0.3, -0.25) is 14.4 Å². The first-order chi connectivity index (χ1) is 20.0. The smallest absolute Gasteiger partial charge is 0.338 e. The first-order valence-corrected chi connectivity index (χ1v) is 14.3. The van der Waals surface area contributed by atoms with Crippen LogP contribution in [0.1, 0.15) is 81.6 Å². The Balaban J connectivity index is 1.35. The molecule has 0 N–H and O–H groups in total. The van der Waals surface area contributed by atoms with E-state index in [1.54, 1.807) is 63.2 Å². The van der Waals surface area contributed by atoms with Crippen molar-refractivity contribution in [1.29, 1.82) is 0 Å². The van der Waals surface area contributed by atoms with Gasteiger partial charge in [-0.05, 0) is 94.5 Å². The summed E-state index contributed by atoms with van der Waals surface area (Å²) in [6, 6.07) is 13.5. The lowest BCUT2D eigenvalue weighted by Crippen LogP contribution is -2.32. The molecule has 2 aromatic rings. The maximum atomic E-state index is 12.5. The Morgan fingerprint density at radius 2 is 1.55 bits per heavy atom. The third-order valence-corrected chi connectivity index (χ3v) is 6.78. The second kappa shape index (κ2) is 15.7. The molecule has 42 heavy (non-hydrogen) atoms. The van der Waals surface area contributed by atoms with Crippen molar-refractivity contribution >= 4 is 29.8 Å². The van der Waals surface area contributed by atoms with Crippen LogP contribution in [-0.2, 0) is 23.9 Å². The summed E-state index contributed by atoms with van der Waals surface area (Å²) >= 11 is 0. The molecule has 0 unspecified atom stereocenters. The van der Waals surface area contributed by atoms with Gasteiger partial charge in [0.1, 0.15) is 17.6 Å². The Kier molecular flexibility index (Phi) is 12.1. The standard InChI is InChI=1S/C34H40O8/c1-24(2)32(37)42-29-18-14-26(15-19-29)30(35)20-13-25-11-16-27(17-12-25)39-21-8-22-40-33(38)34(3,4)23-31(36)41-28-9-6-5-7-10-28/h11-20,28H,1,5-10,21-23H2,2-4H3/b20-13+. The van der Waals surface area contributed by atoms with Crippen LogP contribution in [0.15, 0.2) is 66.8 Å². The van der Waals surface area contributed by atoms with E-state index in [1.807, 2.05) is 12.1 Å². The van der Waals surface area contributed by atoms with Gasteiger partial charge in [-0.15, -0.1) is 0 Å². The predicted molar refractivity (Wildman–Crippen MR) is 159 cm³/mol. The number of esters is 3. The highest BCUT2D eigenvalue weighted by Crippen LogP contribution is 2.26. The predicted octanol–water partition coefficient (Wildman–Crippen LogP) is 6.67. The fraction of sp³-hybridized carbons (Fsp3) is 0.412. The van der Waals surface area contributed by atoms with Gasteiger partial charge in [-0.1, -0.05) is 31.2 Å². The molecule has 1 aliphatic carbocycles. The number of ether oxygens (including phenoxy) is 4. The third-order valence-electron chi connectivity index (χ3n) is 6.78. The maximum absolute atomic E-state index is 12.5. The average molecular weight is 577 g/mol. The lowest BCUT2D eigenvalue weighted by atomic mass is 9.89. The SMILES string of the molecule is C=C(C)C(=O)Oc1ccc(C(=O)/C=C/c2ccc(OCCCOC(=O)C(C)(C)CC(=O)OC3CCCCC3)cc2)cc1. The van der Waals surface area contributed by atoms with E-state index in [-0.39, 0.29) is 30.9 Å². The molecule has 0 bridgehead atoms. The van der Waals surface area contributed by atoms with Crippen molar-refractivity contribution in [2.24, 2.45) is 5.41 Å². The molecule has 1 fully saturated rings. The highest BCUT2D eigenvalue weighted by molar-refractivity contribution is 6.06. The molecule has 0 aliphatic heterocycles. The molecular weight excluding hydrogens is 536 g/mol. The quantitative estimate of drug-likeness (QED) is 0.0807. The topological polar surface area (TPSA) is 105 Å². The zero-order chi connectivity index (χ0) is 30.5. The van der Waals surface area contributed by atoms with Crippen LogP contribution in [0, 0.1) is 5.41 Å². The summed E-state index contributed by atoms with van der Waals surface area (Å²) in [6.45, 7) is 9.01. The number of hydrogen-bond acceptors (Lipinski definition) is 8. The highest BCUT2D eigenvalue weighted by Gasteiger charge is 2.33. The van der Waals surface area contributed by atoms with Crippen molar-refractivity contribution in [3.63, 3.8) is 0 Å². The molecule has 1 saturated carbocycles. The summed E-state index contributed by atoms with van der Waals surface area (Å²) in [5.74, 6) is -0.507. The van der Waals surface area contributed by atoms with E-state index >= 15 is 0 Å². The van der Waals surface area contributed by atoms with Gasteiger partial charge in [0.15, 0.2) is 5.78 Å². The fourth-order valence-corrected chi connectivity index (χ4v) is 4.28. The van der Waals surface area contributed by atoms with Crippen LogP contribution in [0.4, 0.5) is 0 Å². The second-order valence-corrected chi connectivity index (χ2v) is 11.1. The Morgan fingerprint density at radius 3 is 2.19 bits per heavy atom. The van der Waals surface area contributed by atoms with Gasteiger partial charge in [0.25, 0.3) is 0 Å². The minimum atomic E-state index is -0.958. The second-order valence-electron chi connectivity index (χ2n) is 11.1.